The molecule has 1 aromatic carbocycles. The molecule has 3 saturated heterocycles. The van der Waals surface area contributed by atoms with Crippen molar-refractivity contribution in [2.24, 2.45) is 11.8 Å². The summed E-state index contributed by atoms with van der Waals surface area (Å²) in [5.41, 5.74) is 0.906. The first-order valence-corrected chi connectivity index (χ1v) is 13.7. The molecule has 0 unspecified atom stereocenters. The summed E-state index contributed by atoms with van der Waals surface area (Å²) in [4.78, 5) is 53.3. The van der Waals surface area contributed by atoms with Crippen LogP contribution < -0.4 is 0 Å². The van der Waals surface area contributed by atoms with E-state index in [1.54, 1.807) is 11.0 Å². The summed E-state index contributed by atoms with van der Waals surface area (Å²) in [6, 6.07) is 9.12. The van der Waals surface area contributed by atoms with E-state index in [1.807, 2.05) is 49.1 Å². The van der Waals surface area contributed by atoms with Crippen LogP contribution in [-0.4, -0.2) is 88.5 Å². The number of carbonyl (C=O) groups excluding carboxylic acids is 3. The quantitative estimate of drug-likeness (QED) is 0.526. The number of likely N-dealkylation sites (tertiary alicyclic amines) is 1. The number of amides is 3. The highest BCUT2D eigenvalue weighted by Gasteiger charge is 2.53. The molecule has 8 nitrogen and oxygen atoms in total. The molecule has 0 saturated carbocycles. The Morgan fingerprint density at radius 2 is 1.65 bits per heavy atom. The van der Waals surface area contributed by atoms with E-state index in [9.17, 15) is 14.4 Å². The molecule has 4 rings (SSSR count). The number of piperidine rings is 1. The lowest BCUT2D eigenvalue weighted by molar-refractivity contribution is -0.275. The van der Waals surface area contributed by atoms with Crippen LogP contribution in [0.4, 0.5) is 0 Å². The Labute approximate surface area is 221 Å². The zero-order valence-electron chi connectivity index (χ0n) is 22.9. The van der Waals surface area contributed by atoms with E-state index in [0.717, 1.165) is 31.5 Å². The van der Waals surface area contributed by atoms with Crippen LogP contribution in [0, 0.1) is 11.8 Å². The van der Waals surface area contributed by atoms with Crippen molar-refractivity contribution in [1.29, 1.82) is 0 Å². The van der Waals surface area contributed by atoms with Crippen molar-refractivity contribution in [2.45, 2.75) is 77.7 Å². The number of rotatable bonds is 7. The Kier molecular flexibility index (Phi) is 8.70. The summed E-state index contributed by atoms with van der Waals surface area (Å²) in [6.07, 6.45) is 4.64. The van der Waals surface area contributed by atoms with Crippen LogP contribution in [-0.2, 0) is 19.2 Å². The third-order valence-electron chi connectivity index (χ3n) is 7.57. The number of carbonyl (C=O) groups is 3. The first-order valence-electron chi connectivity index (χ1n) is 13.7. The van der Waals surface area contributed by atoms with Gasteiger partial charge in [0.2, 0.25) is 5.91 Å². The number of hydrogen-bond donors (Lipinski definition) is 0. The van der Waals surface area contributed by atoms with Gasteiger partial charge in [-0.05, 0) is 69.3 Å². The maximum absolute atomic E-state index is 13.9. The maximum Gasteiger partial charge on any atom is 0.272 e. The summed E-state index contributed by atoms with van der Waals surface area (Å²) in [5, 5.41) is 1.37. The predicted octanol–water partition coefficient (Wildman–Crippen LogP) is 3.39. The van der Waals surface area contributed by atoms with E-state index < -0.39 is 18.3 Å². The number of nitrogens with zero attached hydrogens (tertiary/aromatic N) is 4. The zero-order valence-corrected chi connectivity index (χ0v) is 22.9. The van der Waals surface area contributed by atoms with Gasteiger partial charge in [-0.2, -0.15) is 5.06 Å². The first kappa shape index (κ1) is 27.3. The molecule has 1 aromatic rings. The largest absolute Gasteiger partial charge is 0.334 e. The molecule has 0 bridgehead atoms. The van der Waals surface area contributed by atoms with E-state index in [2.05, 4.69) is 25.8 Å². The third kappa shape index (κ3) is 6.24. The van der Waals surface area contributed by atoms with Crippen LogP contribution in [0.5, 0.6) is 0 Å². The molecule has 3 aliphatic heterocycles. The van der Waals surface area contributed by atoms with Crippen LogP contribution in [0.1, 0.15) is 58.9 Å². The van der Waals surface area contributed by atoms with E-state index in [0.29, 0.717) is 12.8 Å². The van der Waals surface area contributed by atoms with Gasteiger partial charge >= 0.3 is 0 Å². The molecule has 3 atom stereocenters. The maximum atomic E-state index is 13.9. The number of fused-ring (bicyclic) bond motifs is 1. The van der Waals surface area contributed by atoms with Crippen molar-refractivity contribution in [3.05, 3.63) is 42.0 Å². The minimum Gasteiger partial charge on any atom is -0.334 e. The smallest absolute Gasteiger partial charge is 0.272 e. The highest BCUT2D eigenvalue weighted by molar-refractivity contribution is 5.95. The van der Waals surface area contributed by atoms with Gasteiger partial charge in [0.25, 0.3) is 11.8 Å². The molecule has 202 valence electrons. The first-order chi connectivity index (χ1) is 17.7. The highest BCUT2D eigenvalue weighted by atomic mass is 16.7. The molecule has 0 aromatic heterocycles. The van der Waals surface area contributed by atoms with Gasteiger partial charge in [-0.1, -0.05) is 58.0 Å². The van der Waals surface area contributed by atoms with E-state index in [4.69, 9.17) is 4.84 Å². The Morgan fingerprint density at radius 3 is 2.27 bits per heavy atom. The van der Waals surface area contributed by atoms with E-state index in [1.165, 1.54) is 11.1 Å². The Balaban J connectivity index is 1.68. The van der Waals surface area contributed by atoms with Crippen molar-refractivity contribution in [3.8, 4) is 0 Å². The van der Waals surface area contributed by atoms with Crippen LogP contribution >= 0.6 is 0 Å². The number of hydroxylamine groups is 2. The summed E-state index contributed by atoms with van der Waals surface area (Å²) in [7, 11) is 2.10. The SMILES string of the molecule is CC(C)C[C@H]1ON(C(=O)/C=C\c2ccccc2)[C@H]2CN(C3CCN(C)CC3)C(=O)[C@H](CC(C)C)N2C1=O. The van der Waals surface area contributed by atoms with Crippen LogP contribution in [0.3, 0.4) is 0 Å². The standard InChI is InChI=1S/C29H42N4O4/c1-20(2)17-24-28(35)31(23-13-15-30(5)16-14-23)19-26-32(24)29(36)25(18-21(3)4)37-33(26)27(34)12-11-22-9-7-6-8-10-22/h6-12,20-21,23-26H,13-19H2,1-5H3/b12-11-/t24-,25+,26-/m0/s1. The fourth-order valence-electron chi connectivity index (χ4n) is 5.65. The van der Waals surface area contributed by atoms with E-state index in [-0.39, 0.29) is 42.1 Å². The molecule has 0 N–H and O–H groups in total. The summed E-state index contributed by atoms with van der Waals surface area (Å²) in [5.74, 6) is -0.0846. The molecule has 0 spiro atoms. The van der Waals surface area contributed by atoms with Crippen LogP contribution in [0.25, 0.3) is 6.08 Å². The normalized spacial score (nSPS) is 26.0. The predicted molar refractivity (Wildman–Crippen MR) is 143 cm³/mol. The molecule has 37 heavy (non-hydrogen) atoms. The molecule has 3 heterocycles. The molecule has 3 aliphatic rings. The monoisotopic (exact) mass is 510 g/mol. The van der Waals surface area contributed by atoms with Gasteiger partial charge in [0.05, 0.1) is 6.54 Å². The van der Waals surface area contributed by atoms with Crippen molar-refractivity contribution in [3.63, 3.8) is 0 Å². The third-order valence-corrected chi connectivity index (χ3v) is 7.57. The Hall–Kier alpha value is -2.71. The number of benzene rings is 1. The Bertz CT molecular complexity index is 987. The average molecular weight is 511 g/mol. The second kappa shape index (κ2) is 11.8. The fraction of sp³-hybridized carbons (Fsp3) is 0.621. The van der Waals surface area contributed by atoms with Gasteiger partial charge in [-0.3, -0.25) is 19.2 Å². The van der Waals surface area contributed by atoms with Gasteiger partial charge < -0.3 is 14.7 Å². The molecule has 3 fully saturated rings. The van der Waals surface area contributed by atoms with Crippen molar-refractivity contribution in [2.75, 3.05) is 26.7 Å². The lowest BCUT2D eigenvalue weighted by Crippen LogP contribution is -2.74. The summed E-state index contributed by atoms with van der Waals surface area (Å²) in [6.45, 7) is 10.3. The van der Waals surface area contributed by atoms with Gasteiger partial charge in [0.15, 0.2) is 12.3 Å². The van der Waals surface area contributed by atoms with E-state index >= 15 is 0 Å². The molecule has 3 amide bonds. The highest BCUT2D eigenvalue weighted by Crippen LogP contribution is 2.34. The van der Waals surface area contributed by atoms with Gasteiger partial charge in [0, 0.05) is 12.1 Å². The number of piperazine rings is 1. The molecule has 8 heteroatoms. The van der Waals surface area contributed by atoms with Crippen LogP contribution in [0.15, 0.2) is 36.4 Å². The zero-order chi connectivity index (χ0) is 26.7. The topological polar surface area (TPSA) is 73.4 Å². The second-order valence-corrected chi connectivity index (χ2v) is 11.5. The average Bonchev–Trinajstić information content (AvgIpc) is 2.86. The lowest BCUT2D eigenvalue weighted by atomic mass is 9.93. The minimum atomic E-state index is -0.789. The summed E-state index contributed by atoms with van der Waals surface area (Å²) < 4.78 is 0. The fourth-order valence-corrected chi connectivity index (χ4v) is 5.65. The molecule has 0 radical (unpaired) electrons. The number of hydrogen-bond acceptors (Lipinski definition) is 5. The van der Waals surface area contributed by atoms with Crippen molar-refractivity contribution in [1.82, 2.24) is 19.8 Å². The van der Waals surface area contributed by atoms with Gasteiger partial charge in [-0.15, -0.1) is 0 Å². The van der Waals surface area contributed by atoms with Crippen molar-refractivity contribution < 1.29 is 19.2 Å². The van der Waals surface area contributed by atoms with Gasteiger partial charge in [-0.25, -0.2) is 0 Å². The Morgan fingerprint density at radius 1 is 1.00 bits per heavy atom. The molecular formula is C29H42N4O4. The van der Waals surface area contributed by atoms with Crippen molar-refractivity contribution >= 4 is 23.8 Å². The second-order valence-electron chi connectivity index (χ2n) is 11.5. The lowest BCUT2D eigenvalue weighted by Gasteiger charge is -2.55. The minimum absolute atomic E-state index is 0.00489. The molecular weight excluding hydrogens is 468 g/mol. The van der Waals surface area contributed by atoms with Crippen LogP contribution in [0.2, 0.25) is 0 Å². The molecule has 0 aliphatic carbocycles. The van der Waals surface area contributed by atoms with Gasteiger partial charge in [0.1, 0.15) is 6.04 Å². The summed E-state index contributed by atoms with van der Waals surface area (Å²) >= 11 is 0.